The highest BCUT2D eigenvalue weighted by molar-refractivity contribution is 5.69. The van der Waals surface area contributed by atoms with Crippen LogP contribution in [0.25, 0.3) is 17.0 Å². The number of fused-ring (bicyclic) bond motifs is 1. The van der Waals surface area contributed by atoms with Gasteiger partial charge in [0.2, 0.25) is 0 Å². The van der Waals surface area contributed by atoms with Crippen molar-refractivity contribution >= 4 is 17.6 Å². The molecule has 0 bridgehead atoms. The average molecular weight is 464 g/mol. The molecule has 5 rings (SSSR count). The van der Waals surface area contributed by atoms with Crippen LogP contribution in [0.3, 0.4) is 0 Å². The third kappa shape index (κ3) is 4.54. The number of likely N-dealkylation sites (tertiary alicyclic amines) is 1. The second-order valence-corrected chi connectivity index (χ2v) is 10.7. The molecule has 1 saturated carbocycles. The highest BCUT2D eigenvalue weighted by Gasteiger charge is 2.56. The van der Waals surface area contributed by atoms with Crippen LogP contribution in [0, 0.1) is 5.41 Å². The van der Waals surface area contributed by atoms with E-state index in [-0.39, 0.29) is 23.7 Å². The van der Waals surface area contributed by atoms with Crippen molar-refractivity contribution in [3.05, 3.63) is 42.7 Å². The smallest absolute Gasteiger partial charge is 0.410 e. The van der Waals surface area contributed by atoms with Gasteiger partial charge in [0.25, 0.3) is 0 Å². The predicted molar refractivity (Wildman–Crippen MR) is 131 cm³/mol. The monoisotopic (exact) mass is 463 g/mol. The van der Waals surface area contributed by atoms with Crippen LogP contribution in [0.4, 0.5) is 10.6 Å². The molecule has 2 fully saturated rings. The molecule has 1 N–H and O–H groups in total. The fourth-order valence-electron chi connectivity index (χ4n) is 4.63. The van der Waals surface area contributed by atoms with Gasteiger partial charge in [-0.2, -0.15) is 0 Å². The summed E-state index contributed by atoms with van der Waals surface area (Å²) in [6, 6.07) is 10.0. The zero-order valence-electron chi connectivity index (χ0n) is 20.5. The molecule has 4 heterocycles. The highest BCUT2D eigenvalue weighted by Crippen LogP contribution is 2.53. The van der Waals surface area contributed by atoms with Crippen molar-refractivity contribution in [1.82, 2.24) is 19.3 Å². The summed E-state index contributed by atoms with van der Waals surface area (Å²) < 4.78 is 13.4. The molecule has 1 atom stereocenters. The van der Waals surface area contributed by atoms with Crippen molar-refractivity contribution < 1.29 is 14.3 Å². The third-order valence-corrected chi connectivity index (χ3v) is 6.38. The van der Waals surface area contributed by atoms with Crippen LogP contribution in [0.2, 0.25) is 0 Å². The second-order valence-electron chi connectivity index (χ2n) is 10.7. The summed E-state index contributed by atoms with van der Waals surface area (Å²) in [6.45, 7) is 11.1. The molecule has 180 valence electrons. The Labute approximate surface area is 200 Å². The first-order valence-corrected chi connectivity index (χ1v) is 12.0. The molecule has 0 aromatic carbocycles. The fraction of sp³-hybridized carbons (Fsp3) is 0.500. The van der Waals surface area contributed by atoms with Gasteiger partial charge < -0.3 is 19.7 Å². The number of amides is 1. The highest BCUT2D eigenvalue weighted by atomic mass is 16.6. The van der Waals surface area contributed by atoms with Crippen LogP contribution in [0.1, 0.15) is 47.5 Å². The Balaban J connectivity index is 1.34. The summed E-state index contributed by atoms with van der Waals surface area (Å²) >= 11 is 0. The fourth-order valence-corrected chi connectivity index (χ4v) is 4.63. The Hall–Kier alpha value is -3.29. The molecule has 8 nitrogen and oxygen atoms in total. The number of aromatic nitrogens is 3. The van der Waals surface area contributed by atoms with E-state index in [2.05, 4.69) is 10.3 Å². The Morgan fingerprint density at radius 2 is 2.03 bits per heavy atom. The van der Waals surface area contributed by atoms with Crippen LogP contribution in [-0.2, 0) is 4.74 Å². The summed E-state index contributed by atoms with van der Waals surface area (Å²) in [4.78, 5) is 23.9. The van der Waals surface area contributed by atoms with Gasteiger partial charge in [0, 0.05) is 30.8 Å². The number of rotatable bonds is 5. The SMILES string of the molecule is CC(C)Oc1ccn2c(-c3cccc(N[C@H]4CN(C(=O)OC(C)(C)C)CC45CC5)n3)cnc2c1. The molecule has 1 saturated heterocycles. The Morgan fingerprint density at radius 1 is 1.24 bits per heavy atom. The van der Waals surface area contributed by atoms with E-state index in [1.165, 1.54) is 0 Å². The molecular weight excluding hydrogens is 430 g/mol. The molecule has 3 aromatic heterocycles. The number of pyridine rings is 2. The first-order chi connectivity index (χ1) is 16.1. The molecular formula is C26H33N5O3. The number of hydrogen-bond donors (Lipinski definition) is 1. The number of anilines is 1. The Bertz CT molecular complexity index is 1210. The van der Waals surface area contributed by atoms with Crippen LogP contribution < -0.4 is 10.1 Å². The molecule has 2 aliphatic rings. The van der Waals surface area contributed by atoms with E-state index in [1.807, 2.05) is 86.6 Å². The van der Waals surface area contributed by atoms with Gasteiger partial charge in [-0.15, -0.1) is 0 Å². The third-order valence-electron chi connectivity index (χ3n) is 6.38. The van der Waals surface area contributed by atoms with E-state index in [4.69, 9.17) is 14.5 Å². The Morgan fingerprint density at radius 3 is 2.74 bits per heavy atom. The van der Waals surface area contributed by atoms with Gasteiger partial charge in [-0.05, 0) is 65.7 Å². The lowest BCUT2D eigenvalue weighted by molar-refractivity contribution is 0.0285. The number of ether oxygens (including phenoxy) is 2. The summed E-state index contributed by atoms with van der Waals surface area (Å²) in [5, 5.41) is 3.61. The van der Waals surface area contributed by atoms with E-state index in [0.29, 0.717) is 6.54 Å². The van der Waals surface area contributed by atoms with Crippen molar-refractivity contribution in [3.8, 4) is 17.1 Å². The number of carbonyl (C=O) groups is 1. The summed E-state index contributed by atoms with van der Waals surface area (Å²) in [5.74, 6) is 1.60. The lowest BCUT2D eigenvalue weighted by Gasteiger charge is -2.24. The molecule has 1 spiro atoms. The Kier molecular flexibility index (Phi) is 5.41. The molecule has 1 amide bonds. The predicted octanol–water partition coefficient (Wildman–Crippen LogP) is 4.99. The molecule has 0 unspecified atom stereocenters. The average Bonchev–Trinajstić information content (AvgIpc) is 3.26. The standard InChI is InChI=1S/C26H33N5O3/c1-17(2)33-18-9-12-31-20(14-27-23(31)13-18)19-7-6-8-22(28-19)29-21-15-30(16-26(21)10-11-26)24(32)34-25(3,4)5/h6-9,12-14,17,21H,10-11,15-16H2,1-5H3,(H,28,29)/t21-/m0/s1. The molecule has 3 aromatic rings. The number of nitrogens with one attached hydrogen (secondary N) is 1. The molecule has 0 radical (unpaired) electrons. The first-order valence-electron chi connectivity index (χ1n) is 12.0. The van der Waals surface area contributed by atoms with Crippen LogP contribution in [-0.4, -0.2) is 56.2 Å². The first kappa shape index (κ1) is 22.5. The van der Waals surface area contributed by atoms with E-state index < -0.39 is 5.60 Å². The molecule has 8 heteroatoms. The van der Waals surface area contributed by atoms with Crippen molar-refractivity contribution in [2.45, 2.75) is 65.2 Å². The minimum absolute atomic E-state index is 0.109. The van der Waals surface area contributed by atoms with Gasteiger partial charge in [0.15, 0.2) is 0 Å². The van der Waals surface area contributed by atoms with Crippen molar-refractivity contribution in [1.29, 1.82) is 0 Å². The number of imidazole rings is 1. The van der Waals surface area contributed by atoms with Gasteiger partial charge in [-0.25, -0.2) is 14.8 Å². The van der Waals surface area contributed by atoms with Gasteiger partial charge in [0.05, 0.1) is 29.7 Å². The van der Waals surface area contributed by atoms with Crippen LogP contribution >= 0.6 is 0 Å². The molecule has 34 heavy (non-hydrogen) atoms. The lowest BCUT2D eigenvalue weighted by Crippen LogP contribution is -2.36. The maximum Gasteiger partial charge on any atom is 0.410 e. The van der Waals surface area contributed by atoms with E-state index >= 15 is 0 Å². The quantitative estimate of drug-likeness (QED) is 0.574. The van der Waals surface area contributed by atoms with E-state index in [0.717, 1.165) is 48.0 Å². The minimum Gasteiger partial charge on any atom is -0.491 e. The van der Waals surface area contributed by atoms with Gasteiger partial charge in [0.1, 0.15) is 22.8 Å². The number of nitrogens with zero attached hydrogens (tertiary/aromatic N) is 4. The number of hydrogen-bond acceptors (Lipinski definition) is 6. The molecule has 1 aliphatic carbocycles. The topological polar surface area (TPSA) is 81.0 Å². The van der Waals surface area contributed by atoms with Crippen molar-refractivity contribution in [2.24, 2.45) is 5.41 Å². The van der Waals surface area contributed by atoms with Crippen LogP contribution in [0.5, 0.6) is 5.75 Å². The normalized spacial score (nSPS) is 19.1. The van der Waals surface area contributed by atoms with Gasteiger partial charge in [-0.1, -0.05) is 6.07 Å². The summed E-state index contributed by atoms with van der Waals surface area (Å²) in [6.07, 6.45) is 5.89. The van der Waals surface area contributed by atoms with Crippen molar-refractivity contribution in [2.75, 3.05) is 18.4 Å². The zero-order chi connectivity index (χ0) is 24.1. The largest absolute Gasteiger partial charge is 0.491 e. The maximum atomic E-state index is 12.6. The maximum absolute atomic E-state index is 12.6. The summed E-state index contributed by atoms with van der Waals surface area (Å²) in [5.41, 5.74) is 2.18. The number of carbonyl (C=O) groups excluding carboxylic acids is 1. The lowest BCUT2D eigenvalue weighted by atomic mass is 10.0. The van der Waals surface area contributed by atoms with E-state index in [1.54, 1.807) is 0 Å². The van der Waals surface area contributed by atoms with Crippen LogP contribution in [0.15, 0.2) is 42.7 Å². The summed E-state index contributed by atoms with van der Waals surface area (Å²) in [7, 11) is 0. The second kappa shape index (κ2) is 8.18. The minimum atomic E-state index is -0.495. The van der Waals surface area contributed by atoms with E-state index in [9.17, 15) is 4.79 Å². The van der Waals surface area contributed by atoms with Gasteiger partial charge in [-0.3, -0.25) is 4.40 Å². The zero-order valence-corrected chi connectivity index (χ0v) is 20.5. The molecule has 1 aliphatic heterocycles. The van der Waals surface area contributed by atoms with Gasteiger partial charge >= 0.3 is 6.09 Å². The van der Waals surface area contributed by atoms with Crippen molar-refractivity contribution in [3.63, 3.8) is 0 Å².